The molecule has 0 aliphatic rings. The van der Waals surface area contributed by atoms with E-state index in [4.69, 9.17) is 4.74 Å². The zero-order valence-electron chi connectivity index (χ0n) is 14.8. The number of para-hydroxylation sites is 1. The summed E-state index contributed by atoms with van der Waals surface area (Å²) in [6, 6.07) is 18.5. The first-order chi connectivity index (χ1) is 13.1. The fraction of sp³-hybridized carbons (Fsp3) is 0.238. The molecule has 3 rings (SSSR count). The Kier molecular flexibility index (Phi) is 6.35. The first kappa shape index (κ1) is 18.8. The first-order valence-electron chi connectivity index (χ1n) is 8.79. The van der Waals surface area contributed by atoms with Gasteiger partial charge in [0.25, 0.3) is 0 Å². The van der Waals surface area contributed by atoms with Crippen LogP contribution in [0.5, 0.6) is 0 Å². The molecule has 3 N–H and O–H groups in total. The standard InChI is InChI=1S/C21H22N2O4/c24-18(11-13-23-21(26)27-14-15-6-2-1-3-7-15)20(25)17-10-4-8-16-9-5-12-22-19(16)17/h1-10,12,18,20,24-25H,11,13-14H2,(H,23,26). The number of fused-ring (bicyclic) bond motifs is 1. The van der Waals surface area contributed by atoms with Crippen molar-refractivity contribution < 1.29 is 19.7 Å². The van der Waals surface area contributed by atoms with Gasteiger partial charge in [-0.05, 0) is 18.1 Å². The van der Waals surface area contributed by atoms with E-state index in [1.165, 1.54) is 0 Å². The Morgan fingerprint density at radius 2 is 1.81 bits per heavy atom. The summed E-state index contributed by atoms with van der Waals surface area (Å²) in [5, 5.41) is 24.2. The number of aliphatic hydroxyl groups is 2. The summed E-state index contributed by atoms with van der Waals surface area (Å²) in [7, 11) is 0. The number of carbonyl (C=O) groups excluding carboxylic acids is 1. The number of ether oxygens (including phenoxy) is 1. The number of rotatable bonds is 7. The molecule has 1 aromatic heterocycles. The third-order valence-corrected chi connectivity index (χ3v) is 4.27. The highest BCUT2D eigenvalue weighted by Crippen LogP contribution is 2.25. The smallest absolute Gasteiger partial charge is 0.407 e. The van der Waals surface area contributed by atoms with Crippen LogP contribution in [0.1, 0.15) is 23.7 Å². The fourth-order valence-corrected chi connectivity index (χ4v) is 2.83. The Balaban J connectivity index is 1.48. The Morgan fingerprint density at radius 1 is 1.04 bits per heavy atom. The van der Waals surface area contributed by atoms with Crippen LogP contribution in [-0.4, -0.2) is 33.9 Å². The maximum Gasteiger partial charge on any atom is 0.407 e. The molecule has 140 valence electrons. The molecule has 1 heterocycles. The van der Waals surface area contributed by atoms with Crippen molar-refractivity contribution >= 4 is 17.0 Å². The topological polar surface area (TPSA) is 91.7 Å². The van der Waals surface area contributed by atoms with Gasteiger partial charge in [0.1, 0.15) is 12.7 Å². The van der Waals surface area contributed by atoms with Crippen LogP contribution in [0.2, 0.25) is 0 Å². The van der Waals surface area contributed by atoms with Gasteiger partial charge >= 0.3 is 6.09 Å². The number of pyridine rings is 1. The minimum atomic E-state index is -1.09. The molecule has 0 radical (unpaired) electrons. The molecule has 0 aliphatic carbocycles. The van der Waals surface area contributed by atoms with Crippen LogP contribution in [0.4, 0.5) is 4.79 Å². The number of hydrogen-bond acceptors (Lipinski definition) is 5. The van der Waals surface area contributed by atoms with E-state index in [0.717, 1.165) is 10.9 Å². The maximum absolute atomic E-state index is 11.7. The van der Waals surface area contributed by atoms with E-state index in [9.17, 15) is 15.0 Å². The summed E-state index contributed by atoms with van der Waals surface area (Å²) in [5.74, 6) is 0. The van der Waals surface area contributed by atoms with E-state index in [-0.39, 0.29) is 19.6 Å². The summed E-state index contributed by atoms with van der Waals surface area (Å²) in [5.41, 5.74) is 2.11. The lowest BCUT2D eigenvalue weighted by atomic mass is 9.99. The van der Waals surface area contributed by atoms with Gasteiger partial charge in [0.05, 0.1) is 11.6 Å². The quantitative estimate of drug-likeness (QED) is 0.598. The van der Waals surface area contributed by atoms with E-state index in [2.05, 4.69) is 10.3 Å². The third kappa shape index (κ3) is 5.03. The van der Waals surface area contributed by atoms with Crippen molar-refractivity contribution in [1.82, 2.24) is 10.3 Å². The Labute approximate surface area is 157 Å². The minimum absolute atomic E-state index is 0.180. The normalized spacial score (nSPS) is 13.1. The molecule has 2 atom stereocenters. The largest absolute Gasteiger partial charge is 0.445 e. The number of amides is 1. The van der Waals surface area contributed by atoms with Gasteiger partial charge in [-0.15, -0.1) is 0 Å². The number of aliphatic hydroxyl groups excluding tert-OH is 2. The van der Waals surface area contributed by atoms with Crippen molar-refractivity contribution in [2.24, 2.45) is 0 Å². The minimum Gasteiger partial charge on any atom is -0.445 e. The molecule has 0 fully saturated rings. The van der Waals surface area contributed by atoms with E-state index in [1.54, 1.807) is 12.3 Å². The second kappa shape index (κ2) is 9.12. The summed E-state index contributed by atoms with van der Waals surface area (Å²) in [4.78, 5) is 16.0. The van der Waals surface area contributed by atoms with Gasteiger partial charge in [0, 0.05) is 23.7 Å². The van der Waals surface area contributed by atoms with Crippen LogP contribution in [-0.2, 0) is 11.3 Å². The lowest BCUT2D eigenvalue weighted by Crippen LogP contribution is -2.29. The third-order valence-electron chi connectivity index (χ3n) is 4.27. The molecule has 27 heavy (non-hydrogen) atoms. The van der Waals surface area contributed by atoms with Crippen LogP contribution < -0.4 is 5.32 Å². The number of hydrogen-bond donors (Lipinski definition) is 3. The van der Waals surface area contributed by atoms with Crippen LogP contribution in [0.25, 0.3) is 10.9 Å². The monoisotopic (exact) mass is 366 g/mol. The van der Waals surface area contributed by atoms with Crippen molar-refractivity contribution in [1.29, 1.82) is 0 Å². The highest BCUT2D eigenvalue weighted by molar-refractivity contribution is 5.81. The van der Waals surface area contributed by atoms with Crippen LogP contribution in [0.15, 0.2) is 66.9 Å². The van der Waals surface area contributed by atoms with Gasteiger partial charge < -0.3 is 20.3 Å². The molecule has 6 nitrogen and oxygen atoms in total. The number of nitrogens with one attached hydrogen (secondary N) is 1. The first-order valence-corrected chi connectivity index (χ1v) is 8.79. The highest BCUT2D eigenvalue weighted by atomic mass is 16.5. The lowest BCUT2D eigenvalue weighted by Gasteiger charge is -2.19. The Hall–Kier alpha value is -2.96. The Morgan fingerprint density at radius 3 is 2.63 bits per heavy atom. The number of aromatic nitrogens is 1. The molecule has 0 bridgehead atoms. The van der Waals surface area contributed by atoms with Gasteiger partial charge in [0.15, 0.2) is 0 Å². The molecular weight excluding hydrogens is 344 g/mol. The molecule has 2 unspecified atom stereocenters. The summed E-state index contributed by atoms with van der Waals surface area (Å²) < 4.78 is 5.11. The SMILES string of the molecule is O=C(NCCC(O)C(O)c1cccc2cccnc12)OCc1ccccc1. The van der Waals surface area contributed by atoms with Gasteiger partial charge in [-0.1, -0.05) is 54.6 Å². The van der Waals surface area contributed by atoms with Crippen LogP contribution in [0.3, 0.4) is 0 Å². The summed E-state index contributed by atoms with van der Waals surface area (Å²) in [6.07, 6.45) is -0.856. The average molecular weight is 366 g/mol. The molecule has 0 aliphatic heterocycles. The number of benzene rings is 2. The van der Waals surface area contributed by atoms with E-state index in [0.29, 0.717) is 11.1 Å². The molecular formula is C21H22N2O4. The van der Waals surface area contributed by atoms with Crippen molar-refractivity contribution in [3.63, 3.8) is 0 Å². The molecule has 3 aromatic rings. The second-order valence-electron chi connectivity index (χ2n) is 6.21. The maximum atomic E-state index is 11.7. The number of alkyl carbamates (subject to hydrolysis) is 1. The van der Waals surface area contributed by atoms with Crippen molar-refractivity contribution in [3.8, 4) is 0 Å². The number of nitrogens with zero attached hydrogens (tertiary/aromatic N) is 1. The van der Waals surface area contributed by atoms with Crippen LogP contribution >= 0.6 is 0 Å². The molecule has 6 heteroatoms. The van der Waals surface area contributed by atoms with E-state index in [1.807, 2.05) is 54.6 Å². The van der Waals surface area contributed by atoms with Crippen molar-refractivity contribution in [3.05, 3.63) is 78.0 Å². The molecule has 0 saturated carbocycles. The molecule has 1 amide bonds. The molecule has 2 aromatic carbocycles. The Bertz CT molecular complexity index is 880. The van der Waals surface area contributed by atoms with Gasteiger partial charge in [0.2, 0.25) is 0 Å². The lowest BCUT2D eigenvalue weighted by molar-refractivity contribution is 0.0144. The zero-order chi connectivity index (χ0) is 19.1. The van der Waals surface area contributed by atoms with Gasteiger partial charge in [-0.2, -0.15) is 0 Å². The van der Waals surface area contributed by atoms with E-state index >= 15 is 0 Å². The predicted octanol–water partition coefficient (Wildman–Crippen LogP) is 2.95. The van der Waals surface area contributed by atoms with E-state index < -0.39 is 18.3 Å². The van der Waals surface area contributed by atoms with Crippen molar-refractivity contribution in [2.75, 3.05) is 6.54 Å². The fourth-order valence-electron chi connectivity index (χ4n) is 2.83. The summed E-state index contributed by atoms with van der Waals surface area (Å²) >= 11 is 0. The zero-order valence-corrected chi connectivity index (χ0v) is 14.8. The van der Waals surface area contributed by atoms with Crippen molar-refractivity contribution in [2.45, 2.75) is 25.2 Å². The van der Waals surface area contributed by atoms with Gasteiger partial charge in [-0.25, -0.2) is 4.79 Å². The average Bonchev–Trinajstić information content (AvgIpc) is 2.72. The summed E-state index contributed by atoms with van der Waals surface area (Å²) in [6.45, 7) is 0.365. The highest BCUT2D eigenvalue weighted by Gasteiger charge is 2.21. The number of carbonyl (C=O) groups is 1. The molecule has 0 spiro atoms. The second-order valence-corrected chi connectivity index (χ2v) is 6.21. The van der Waals surface area contributed by atoms with Gasteiger partial charge in [-0.3, -0.25) is 4.98 Å². The van der Waals surface area contributed by atoms with Crippen LogP contribution in [0, 0.1) is 0 Å². The predicted molar refractivity (Wildman–Crippen MR) is 102 cm³/mol. The molecule has 0 saturated heterocycles.